The molecule has 0 radical (unpaired) electrons. The zero-order chi connectivity index (χ0) is 11.7. The second-order valence-corrected chi connectivity index (χ2v) is 4.63. The summed E-state index contributed by atoms with van der Waals surface area (Å²) in [5.74, 6) is -0.611. The summed E-state index contributed by atoms with van der Waals surface area (Å²) in [5, 5.41) is 0. The second-order valence-electron chi connectivity index (χ2n) is 2.58. The van der Waals surface area contributed by atoms with E-state index in [4.69, 9.17) is 13.8 Å². The maximum Gasteiger partial charge on any atom is 0.341 e. The molecule has 0 aliphatic rings. The molecule has 0 aromatic rings. The van der Waals surface area contributed by atoms with Gasteiger partial charge in [0.2, 0.25) is 0 Å². The Morgan fingerprint density at radius 2 is 1.87 bits per heavy atom. The lowest BCUT2D eigenvalue weighted by atomic mass is 10.7. The van der Waals surface area contributed by atoms with Crippen LogP contribution in [0.4, 0.5) is 0 Å². The van der Waals surface area contributed by atoms with Crippen LogP contribution in [0.5, 0.6) is 0 Å². The molecule has 0 saturated heterocycles. The highest BCUT2D eigenvalue weighted by molar-refractivity contribution is 7.54. The van der Waals surface area contributed by atoms with Gasteiger partial charge >= 0.3 is 13.6 Å². The normalized spacial score (nSPS) is 11.1. The van der Waals surface area contributed by atoms with Crippen LogP contribution in [0.1, 0.15) is 13.8 Å². The molecular weight excluding hydrogens is 219 g/mol. The summed E-state index contributed by atoms with van der Waals surface area (Å²) in [6.45, 7) is 7.31. The predicted molar refractivity (Wildman–Crippen MR) is 56.9 cm³/mol. The van der Waals surface area contributed by atoms with Crippen LogP contribution in [-0.4, -0.2) is 32.0 Å². The van der Waals surface area contributed by atoms with E-state index in [1.54, 1.807) is 13.8 Å². The van der Waals surface area contributed by atoms with Gasteiger partial charge in [-0.2, -0.15) is 0 Å². The Morgan fingerprint density at radius 3 is 2.27 bits per heavy atom. The average Bonchev–Trinajstić information content (AvgIpc) is 2.15. The monoisotopic (exact) mass is 236 g/mol. The van der Waals surface area contributed by atoms with Crippen LogP contribution in [0.3, 0.4) is 0 Å². The van der Waals surface area contributed by atoms with E-state index in [1.165, 1.54) is 6.08 Å². The molecule has 0 aliphatic carbocycles. The molecular formula is C9H17O5P. The number of ether oxygens (including phenoxy) is 1. The standard InChI is InChI=1S/C9H17O5P/c1-4-7-12-9(10)8-15(11,13-5-2)14-6-3/h4H,1,5-8H2,2-3H3. The Labute approximate surface area is 89.9 Å². The first-order valence-corrected chi connectivity index (χ1v) is 6.45. The van der Waals surface area contributed by atoms with E-state index in [1.807, 2.05) is 0 Å². The van der Waals surface area contributed by atoms with Crippen LogP contribution in [0, 0.1) is 0 Å². The van der Waals surface area contributed by atoms with Gasteiger partial charge < -0.3 is 13.8 Å². The fourth-order valence-corrected chi connectivity index (χ4v) is 2.33. The molecule has 0 atom stereocenters. The summed E-state index contributed by atoms with van der Waals surface area (Å²) in [7, 11) is -3.32. The van der Waals surface area contributed by atoms with E-state index in [0.29, 0.717) is 0 Å². The minimum Gasteiger partial charge on any atom is -0.461 e. The summed E-state index contributed by atoms with van der Waals surface area (Å²) in [4.78, 5) is 11.2. The van der Waals surface area contributed by atoms with Gasteiger partial charge in [0.1, 0.15) is 12.8 Å². The predicted octanol–water partition coefficient (Wildman–Crippen LogP) is 1.98. The van der Waals surface area contributed by atoms with Crippen molar-refractivity contribution in [3.05, 3.63) is 12.7 Å². The smallest absolute Gasteiger partial charge is 0.341 e. The molecule has 0 aliphatic heterocycles. The number of carbonyl (C=O) groups excluding carboxylic acids is 1. The SMILES string of the molecule is C=CCOC(=O)CP(=O)(OCC)OCC. The maximum atomic E-state index is 11.8. The lowest BCUT2D eigenvalue weighted by Gasteiger charge is -2.15. The lowest BCUT2D eigenvalue weighted by Crippen LogP contribution is -2.13. The highest BCUT2D eigenvalue weighted by Gasteiger charge is 2.28. The first-order chi connectivity index (χ1) is 7.08. The van der Waals surface area contributed by atoms with Crippen molar-refractivity contribution in [3.63, 3.8) is 0 Å². The van der Waals surface area contributed by atoms with Crippen LogP contribution in [0.2, 0.25) is 0 Å². The van der Waals surface area contributed by atoms with E-state index in [-0.39, 0.29) is 26.0 Å². The first kappa shape index (κ1) is 14.4. The Hall–Kier alpha value is -0.640. The summed E-state index contributed by atoms with van der Waals surface area (Å²) < 4.78 is 26.4. The highest BCUT2D eigenvalue weighted by atomic mass is 31.2. The van der Waals surface area contributed by atoms with E-state index in [9.17, 15) is 9.36 Å². The van der Waals surface area contributed by atoms with Gasteiger partial charge in [0.15, 0.2) is 0 Å². The number of hydrogen-bond acceptors (Lipinski definition) is 5. The van der Waals surface area contributed by atoms with Gasteiger partial charge in [-0.3, -0.25) is 9.36 Å². The highest BCUT2D eigenvalue weighted by Crippen LogP contribution is 2.47. The minimum atomic E-state index is -3.32. The van der Waals surface area contributed by atoms with E-state index in [0.717, 1.165) is 0 Å². The average molecular weight is 236 g/mol. The van der Waals surface area contributed by atoms with Crippen molar-refractivity contribution in [1.82, 2.24) is 0 Å². The van der Waals surface area contributed by atoms with Gasteiger partial charge in [0.25, 0.3) is 0 Å². The summed E-state index contributed by atoms with van der Waals surface area (Å²) in [6.07, 6.45) is 1.08. The van der Waals surface area contributed by atoms with E-state index >= 15 is 0 Å². The van der Waals surface area contributed by atoms with Gasteiger partial charge in [0, 0.05) is 0 Å². The van der Waals surface area contributed by atoms with Crippen LogP contribution in [-0.2, 0) is 23.1 Å². The van der Waals surface area contributed by atoms with Crippen molar-refractivity contribution in [3.8, 4) is 0 Å². The summed E-state index contributed by atoms with van der Waals surface area (Å²) in [5.41, 5.74) is 0. The van der Waals surface area contributed by atoms with Crippen LogP contribution < -0.4 is 0 Å². The van der Waals surface area contributed by atoms with Gasteiger partial charge in [0.05, 0.1) is 13.2 Å². The molecule has 5 nitrogen and oxygen atoms in total. The third-order valence-corrected chi connectivity index (χ3v) is 3.29. The molecule has 0 N–H and O–H groups in total. The topological polar surface area (TPSA) is 61.8 Å². The number of hydrogen-bond donors (Lipinski definition) is 0. The van der Waals surface area contributed by atoms with Crippen LogP contribution in [0.25, 0.3) is 0 Å². The Balaban J connectivity index is 4.20. The third-order valence-electron chi connectivity index (χ3n) is 1.34. The molecule has 0 fully saturated rings. The molecule has 0 aromatic heterocycles. The van der Waals surface area contributed by atoms with Gasteiger partial charge in [-0.15, -0.1) is 0 Å². The Bertz CT molecular complexity index is 241. The molecule has 88 valence electrons. The second kappa shape index (κ2) is 7.63. The largest absolute Gasteiger partial charge is 0.461 e. The molecule has 0 amide bonds. The van der Waals surface area contributed by atoms with Crippen molar-refractivity contribution in [2.24, 2.45) is 0 Å². The fraction of sp³-hybridized carbons (Fsp3) is 0.667. The van der Waals surface area contributed by atoms with Gasteiger partial charge in [-0.25, -0.2) is 0 Å². The van der Waals surface area contributed by atoms with E-state index in [2.05, 4.69) is 6.58 Å². The summed E-state index contributed by atoms with van der Waals surface area (Å²) >= 11 is 0. The molecule has 15 heavy (non-hydrogen) atoms. The van der Waals surface area contributed by atoms with Crippen molar-refractivity contribution >= 4 is 13.6 Å². The van der Waals surface area contributed by atoms with Crippen molar-refractivity contribution in [2.75, 3.05) is 26.0 Å². The molecule has 6 heteroatoms. The molecule has 0 saturated carbocycles. The zero-order valence-electron chi connectivity index (χ0n) is 9.10. The quantitative estimate of drug-likeness (QED) is 0.366. The first-order valence-electron chi connectivity index (χ1n) is 4.72. The lowest BCUT2D eigenvalue weighted by molar-refractivity contribution is -0.139. The van der Waals surface area contributed by atoms with Crippen molar-refractivity contribution in [1.29, 1.82) is 0 Å². The summed E-state index contributed by atoms with van der Waals surface area (Å²) in [6, 6.07) is 0. The molecule has 0 unspecified atom stereocenters. The van der Waals surface area contributed by atoms with Crippen LogP contribution in [0.15, 0.2) is 12.7 Å². The molecule has 0 spiro atoms. The maximum absolute atomic E-state index is 11.8. The molecule has 0 rings (SSSR count). The van der Waals surface area contributed by atoms with Crippen molar-refractivity contribution in [2.45, 2.75) is 13.8 Å². The van der Waals surface area contributed by atoms with Gasteiger partial charge in [-0.1, -0.05) is 12.7 Å². The Kier molecular flexibility index (Phi) is 7.30. The van der Waals surface area contributed by atoms with Gasteiger partial charge in [-0.05, 0) is 13.8 Å². The number of carbonyl (C=O) groups is 1. The number of esters is 1. The zero-order valence-corrected chi connectivity index (χ0v) is 10.00. The van der Waals surface area contributed by atoms with E-state index < -0.39 is 13.6 Å². The van der Waals surface area contributed by atoms with Crippen molar-refractivity contribution < 1.29 is 23.1 Å². The molecule has 0 bridgehead atoms. The Morgan fingerprint density at radius 1 is 1.33 bits per heavy atom. The molecule has 0 heterocycles. The number of rotatable bonds is 8. The fourth-order valence-electron chi connectivity index (χ4n) is 0.878. The van der Waals surface area contributed by atoms with Crippen LogP contribution >= 0.6 is 7.60 Å². The minimum absolute atomic E-state index is 0.0943. The third kappa shape index (κ3) is 6.44. The molecule has 0 aromatic carbocycles.